The second kappa shape index (κ2) is 8.06. The number of alkyl halides is 2. The lowest BCUT2D eigenvalue weighted by atomic mass is 9.94. The molecule has 0 bridgehead atoms. The first-order valence-electron chi connectivity index (χ1n) is 10.8. The van der Waals surface area contributed by atoms with E-state index in [2.05, 4.69) is 21.7 Å². The van der Waals surface area contributed by atoms with Gasteiger partial charge >= 0.3 is 6.03 Å². The quantitative estimate of drug-likeness (QED) is 0.693. The number of nitrogens with zero attached hydrogens (tertiary/aromatic N) is 3. The third-order valence-electron chi connectivity index (χ3n) is 6.80. The van der Waals surface area contributed by atoms with E-state index in [1.165, 1.54) is 31.2 Å². The van der Waals surface area contributed by atoms with E-state index in [1.54, 1.807) is 11.0 Å². The topological polar surface area (TPSA) is 98.1 Å². The van der Waals surface area contributed by atoms with Crippen molar-refractivity contribution < 1.29 is 18.4 Å². The van der Waals surface area contributed by atoms with E-state index in [9.17, 15) is 23.6 Å². The third kappa shape index (κ3) is 4.94. The number of carbonyl (C=O) groups excluding carboxylic acids is 2. The van der Waals surface area contributed by atoms with Crippen molar-refractivity contribution in [3.8, 4) is 6.07 Å². The minimum absolute atomic E-state index is 0.263. The molecule has 2 aliphatic carbocycles. The standard InChI is InChI=1S/C22H27F2N5O2/c23-22(24,17-3-1-2-12-26-17)5-4-16(18(30)28-21(15-25)8-9-21)27-19(31)29-13-10-20(6-7-20)11-14-29/h1-3,12,16H,4-11,13-14H2,(H,27,31)(H,28,30). The number of nitrogens with one attached hydrogen (secondary N) is 2. The molecule has 1 atom stereocenters. The smallest absolute Gasteiger partial charge is 0.318 e. The predicted octanol–water partition coefficient (Wildman–Crippen LogP) is 3.08. The fourth-order valence-electron chi connectivity index (χ4n) is 4.12. The van der Waals surface area contributed by atoms with Crippen LogP contribution in [0.15, 0.2) is 24.4 Å². The average molecular weight is 431 g/mol. The van der Waals surface area contributed by atoms with Crippen LogP contribution < -0.4 is 10.6 Å². The van der Waals surface area contributed by atoms with Crippen LogP contribution in [0.4, 0.5) is 13.6 Å². The number of hydrogen-bond acceptors (Lipinski definition) is 4. The summed E-state index contributed by atoms with van der Waals surface area (Å²) in [5.41, 5.74) is -0.918. The molecular weight excluding hydrogens is 404 g/mol. The second-order valence-electron chi connectivity index (χ2n) is 9.13. The summed E-state index contributed by atoms with van der Waals surface area (Å²) in [4.78, 5) is 30.9. The summed E-state index contributed by atoms with van der Waals surface area (Å²) in [6, 6.07) is 4.76. The van der Waals surface area contributed by atoms with Gasteiger partial charge in [-0.25, -0.2) is 4.79 Å². The van der Waals surface area contributed by atoms with Gasteiger partial charge in [0.25, 0.3) is 5.92 Å². The monoisotopic (exact) mass is 431 g/mol. The average Bonchev–Trinajstić information content (AvgIpc) is 3.70. The van der Waals surface area contributed by atoms with E-state index in [0.717, 1.165) is 12.8 Å². The molecule has 2 N–H and O–H groups in total. The Morgan fingerprint density at radius 3 is 2.45 bits per heavy atom. The van der Waals surface area contributed by atoms with Crippen molar-refractivity contribution in [2.24, 2.45) is 5.41 Å². The second-order valence-corrected chi connectivity index (χ2v) is 9.13. The highest BCUT2D eigenvalue weighted by Gasteiger charge is 2.47. The van der Waals surface area contributed by atoms with Gasteiger partial charge in [0, 0.05) is 25.7 Å². The van der Waals surface area contributed by atoms with Crippen molar-refractivity contribution in [3.05, 3.63) is 30.1 Å². The molecule has 1 saturated heterocycles. The summed E-state index contributed by atoms with van der Waals surface area (Å²) < 4.78 is 29.2. The molecule has 3 aliphatic rings. The van der Waals surface area contributed by atoms with Crippen molar-refractivity contribution in [2.75, 3.05) is 13.1 Å². The van der Waals surface area contributed by atoms with Crippen molar-refractivity contribution in [2.45, 2.75) is 68.9 Å². The third-order valence-corrected chi connectivity index (χ3v) is 6.80. The molecule has 3 fully saturated rings. The first-order chi connectivity index (χ1) is 14.8. The lowest BCUT2D eigenvalue weighted by molar-refractivity contribution is -0.124. The Morgan fingerprint density at radius 2 is 1.90 bits per heavy atom. The zero-order chi connectivity index (χ0) is 22.1. The predicted molar refractivity (Wildman–Crippen MR) is 108 cm³/mol. The van der Waals surface area contributed by atoms with E-state index >= 15 is 0 Å². The molecule has 4 rings (SSSR count). The lowest BCUT2D eigenvalue weighted by Gasteiger charge is -2.33. The molecule has 31 heavy (non-hydrogen) atoms. The largest absolute Gasteiger partial charge is 0.336 e. The first-order valence-corrected chi connectivity index (χ1v) is 10.8. The summed E-state index contributed by atoms with van der Waals surface area (Å²) >= 11 is 0. The minimum Gasteiger partial charge on any atom is -0.336 e. The number of rotatable bonds is 7. The molecule has 1 aromatic heterocycles. The number of pyridine rings is 1. The zero-order valence-electron chi connectivity index (χ0n) is 17.4. The van der Waals surface area contributed by atoms with Crippen LogP contribution in [0.5, 0.6) is 0 Å². The first kappa shape index (κ1) is 21.5. The normalized spacial score (nSPS) is 21.6. The van der Waals surface area contributed by atoms with Gasteiger partial charge in [0.05, 0.1) is 6.07 Å². The molecule has 2 heterocycles. The molecule has 1 aromatic rings. The SMILES string of the molecule is N#CC1(NC(=O)C(CCC(F)(F)c2ccccn2)NC(=O)N2CCC3(CC2)CC3)CC1. The molecule has 166 valence electrons. The Balaban J connectivity index is 1.40. The summed E-state index contributed by atoms with van der Waals surface area (Å²) in [5.74, 6) is -3.83. The fraction of sp³-hybridized carbons (Fsp3) is 0.636. The molecule has 0 aromatic carbocycles. The van der Waals surface area contributed by atoms with E-state index < -0.39 is 35.9 Å². The van der Waals surface area contributed by atoms with Gasteiger partial charge in [-0.05, 0) is 62.5 Å². The molecule has 1 unspecified atom stereocenters. The van der Waals surface area contributed by atoms with Crippen LogP contribution >= 0.6 is 0 Å². The van der Waals surface area contributed by atoms with Gasteiger partial charge in [0.2, 0.25) is 5.91 Å². The van der Waals surface area contributed by atoms with Crippen LogP contribution in [0.2, 0.25) is 0 Å². The van der Waals surface area contributed by atoms with Crippen molar-refractivity contribution in [3.63, 3.8) is 0 Å². The van der Waals surface area contributed by atoms with E-state index in [1.807, 2.05) is 0 Å². The van der Waals surface area contributed by atoms with Crippen LogP contribution in [-0.2, 0) is 10.7 Å². The number of aromatic nitrogens is 1. The molecule has 1 spiro atoms. The minimum atomic E-state index is -3.24. The van der Waals surface area contributed by atoms with Crippen LogP contribution in [-0.4, -0.2) is 46.5 Å². The van der Waals surface area contributed by atoms with E-state index in [0.29, 0.717) is 31.3 Å². The van der Waals surface area contributed by atoms with Crippen LogP contribution in [0.1, 0.15) is 57.1 Å². The maximum atomic E-state index is 14.6. The number of hydrogen-bond donors (Lipinski definition) is 2. The fourth-order valence-corrected chi connectivity index (χ4v) is 4.12. The molecular formula is C22H27F2N5O2. The Hall–Kier alpha value is -2.76. The molecule has 1 aliphatic heterocycles. The van der Waals surface area contributed by atoms with Gasteiger partial charge in [-0.1, -0.05) is 6.07 Å². The molecule has 9 heteroatoms. The number of urea groups is 1. The molecule has 3 amide bonds. The van der Waals surface area contributed by atoms with Gasteiger partial charge in [0.1, 0.15) is 17.3 Å². The van der Waals surface area contributed by atoms with Crippen LogP contribution in [0.25, 0.3) is 0 Å². The summed E-state index contributed by atoms with van der Waals surface area (Å²) in [5, 5.41) is 14.5. The van der Waals surface area contributed by atoms with Crippen molar-refractivity contribution >= 4 is 11.9 Å². The summed E-state index contributed by atoms with van der Waals surface area (Å²) in [6.45, 7) is 1.21. The van der Waals surface area contributed by atoms with Crippen LogP contribution in [0, 0.1) is 16.7 Å². The van der Waals surface area contributed by atoms with Gasteiger partial charge < -0.3 is 15.5 Å². The van der Waals surface area contributed by atoms with Crippen molar-refractivity contribution in [1.29, 1.82) is 5.26 Å². The maximum absolute atomic E-state index is 14.6. The number of carbonyl (C=O) groups is 2. The number of piperidine rings is 1. The Bertz CT molecular complexity index is 868. The Labute approximate surface area is 180 Å². The van der Waals surface area contributed by atoms with Crippen LogP contribution in [0.3, 0.4) is 0 Å². The highest BCUT2D eigenvalue weighted by Crippen LogP contribution is 2.53. The molecule has 0 radical (unpaired) electrons. The van der Waals surface area contributed by atoms with Crippen molar-refractivity contribution in [1.82, 2.24) is 20.5 Å². The van der Waals surface area contributed by atoms with Gasteiger partial charge in [-0.3, -0.25) is 9.78 Å². The number of amides is 3. The number of halogens is 2. The molecule has 2 saturated carbocycles. The zero-order valence-corrected chi connectivity index (χ0v) is 17.4. The van der Waals surface area contributed by atoms with Gasteiger partial charge in [-0.15, -0.1) is 0 Å². The van der Waals surface area contributed by atoms with Gasteiger partial charge in [-0.2, -0.15) is 14.0 Å². The van der Waals surface area contributed by atoms with E-state index in [4.69, 9.17) is 0 Å². The van der Waals surface area contributed by atoms with Gasteiger partial charge in [0.15, 0.2) is 0 Å². The highest BCUT2D eigenvalue weighted by molar-refractivity contribution is 5.88. The van der Waals surface area contributed by atoms with E-state index in [-0.39, 0.29) is 12.1 Å². The Morgan fingerprint density at radius 1 is 1.19 bits per heavy atom. The highest BCUT2D eigenvalue weighted by atomic mass is 19.3. The maximum Gasteiger partial charge on any atom is 0.318 e. The summed E-state index contributed by atoms with van der Waals surface area (Å²) in [6.07, 6.45) is 5.70. The Kier molecular flexibility index (Phi) is 5.58. The number of likely N-dealkylation sites (tertiary alicyclic amines) is 1. The summed E-state index contributed by atoms with van der Waals surface area (Å²) in [7, 11) is 0. The molecule has 7 nitrogen and oxygen atoms in total. The lowest BCUT2D eigenvalue weighted by Crippen LogP contribution is -2.54. The number of nitriles is 1.